The maximum absolute atomic E-state index is 12.0. The van der Waals surface area contributed by atoms with Gasteiger partial charge >= 0.3 is 6.18 Å². The number of rotatable bonds is 12. The Morgan fingerprint density at radius 2 is 1.48 bits per heavy atom. The van der Waals surface area contributed by atoms with Gasteiger partial charge in [-0.3, -0.25) is 4.18 Å². The Labute approximate surface area is 148 Å². The van der Waals surface area contributed by atoms with Crippen LogP contribution in [0.3, 0.4) is 0 Å². The average Bonchev–Trinajstić information content (AvgIpc) is 2.53. The van der Waals surface area contributed by atoms with Gasteiger partial charge < -0.3 is 0 Å². The van der Waals surface area contributed by atoms with Gasteiger partial charge in [0.05, 0.1) is 17.9 Å². The van der Waals surface area contributed by atoms with Crippen LogP contribution < -0.4 is 0 Å². The monoisotopic (exact) mass is 380 g/mol. The molecule has 0 aliphatic carbocycles. The fourth-order valence-electron chi connectivity index (χ4n) is 2.44. The molecule has 0 saturated carbocycles. The zero-order chi connectivity index (χ0) is 18.8. The Hall–Kier alpha value is -1.08. The largest absolute Gasteiger partial charge is 0.391 e. The van der Waals surface area contributed by atoms with Crippen molar-refractivity contribution in [3.8, 4) is 0 Å². The molecule has 0 aliphatic heterocycles. The molecule has 0 unspecified atom stereocenters. The Balaban J connectivity index is 2.37. The third-order valence-electron chi connectivity index (χ3n) is 3.91. The van der Waals surface area contributed by atoms with Crippen LogP contribution in [0.1, 0.15) is 63.9 Å². The van der Waals surface area contributed by atoms with Crippen LogP contribution in [0.25, 0.3) is 0 Å². The minimum absolute atomic E-state index is 0.113. The number of hydrogen-bond donors (Lipinski definition) is 0. The van der Waals surface area contributed by atoms with Gasteiger partial charge in [0, 0.05) is 0 Å². The van der Waals surface area contributed by atoms with E-state index in [0.717, 1.165) is 24.8 Å². The van der Waals surface area contributed by atoms with Gasteiger partial charge in [-0.1, -0.05) is 57.6 Å². The first kappa shape index (κ1) is 22.0. The van der Waals surface area contributed by atoms with E-state index in [4.69, 9.17) is 0 Å². The van der Waals surface area contributed by atoms with E-state index in [2.05, 4.69) is 11.1 Å². The third kappa shape index (κ3) is 9.84. The first-order chi connectivity index (χ1) is 11.7. The molecule has 25 heavy (non-hydrogen) atoms. The zero-order valence-corrected chi connectivity index (χ0v) is 15.5. The van der Waals surface area contributed by atoms with Gasteiger partial charge in [0.2, 0.25) is 0 Å². The minimum Gasteiger partial charge on any atom is -0.266 e. The molecule has 1 aromatic rings. The molecule has 0 fully saturated rings. The fourth-order valence-corrected chi connectivity index (χ4v) is 3.35. The molecule has 144 valence electrons. The minimum atomic E-state index is -4.43. The van der Waals surface area contributed by atoms with E-state index in [1.165, 1.54) is 44.2 Å². The summed E-state index contributed by atoms with van der Waals surface area (Å²) in [6.07, 6.45) is 3.57. The van der Waals surface area contributed by atoms with Crippen LogP contribution in [0.15, 0.2) is 29.2 Å². The van der Waals surface area contributed by atoms with Crippen molar-refractivity contribution in [3.05, 3.63) is 29.8 Å². The maximum Gasteiger partial charge on any atom is 0.391 e. The van der Waals surface area contributed by atoms with Gasteiger partial charge in [-0.15, -0.1) is 0 Å². The fraction of sp³-hybridized carbons (Fsp3) is 0.667. The number of alkyl halides is 3. The van der Waals surface area contributed by atoms with Gasteiger partial charge in [0.25, 0.3) is 10.1 Å². The predicted octanol–water partition coefficient (Wildman–Crippen LogP) is 5.64. The predicted molar refractivity (Wildman–Crippen MR) is 91.9 cm³/mol. The van der Waals surface area contributed by atoms with Gasteiger partial charge in [-0.05, 0) is 30.5 Å². The van der Waals surface area contributed by atoms with Gasteiger partial charge in [0.15, 0.2) is 0 Å². The highest BCUT2D eigenvalue weighted by molar-refractivity contribution is 7.86. The van der Waals surface area contributed by atoms with Gasteiger partial charge in [-0.2, -0.15) is 21.6 Å². The lowest BCUT2D eigenvalue weighted by molar-refractivity contribution is -0.139. The van der Waals surface area contributed by atoms with Crippen LogP contribution in [0.2, 0.25) is 0 Å². The van der Waals surface area contributed by atoms with E-state index in [0.29, 0.717) is 0 Å². The molecule has 0 saturated heterocycles. The van der Waals surface area contributed by atoms with Crippen molar-refractivity contribution in [1.82, 2.24) is 0 Å². The topological polar surface area (TPSA) is 43.4 Å². The summed E-state index contributed by atoms with van der Waals surface area (Å²) in [5.74, 6) is 0. The smallest absolute Gasteiger partial charge is 0.266 e. The normalized spacial score (nSPS) is 12.5. The average molecular weight is 380 g/mol. The summed E-state index contributed by atoms with van der Waals surface area (Å²) < 4.78 is 64.2. The number of halogens is 3. The van der Waals surface area contributed by atoms with Crippen molar-refractivity contribution in [2.45, 2.75) is 75.8 Å². The van der Waals surface area contributed by atoms with Crippen molar-refractivity contribution in [2.24, 2.45) is 0 Å². The summed E-state index contributed by atoms with van der Waals surface area (Å²) in [4.78, 5) is -0.113. The first-order valence-electron chi connectivity index (χ1n) is 8.80. The SMILES string of the molecule is CCCCCCCCCc1ccc(S(=O)(=O)OCCC(F)(F)F)cc1. The molecule has 1 aromatic carbocycles. The summed E-state index contributed by atoms with van der Waals surface area (Å²) in [5, 5.41) is 0. The van der Waals surface area contributed by atoms with E-state index in [-0.39, 0.29) is 4.90 Å². The highest BCUT2D eigenvalue weighted by Crippen LogP contribution is 2.21. The standard InChI is InChI=1S/C18H27F3O3S/c1-2-3-4-5-6-7-8-9-16-10-12-17(13-11-16)25(22,23)24-15-14-18(19,20)21/h10-13H,2-9,14-15H2,1H3. The van der Waals surface area contributed by atoms with Crippen LogP contribution in [-0.4, -0.2) is 21.2 Å². The quantitative estimate of drug-likeness (QED) is 0.348. The lowest BCUT2D eigenvalue weighted by atomic mass is 10.0. The van der Waals surface area contributed by atoms with Crippen LogP contribution in [0, 0.1) is 0 Å². The van der Waals surface area contributed by atoms with Crippen molar-refractivity contribution in [1.29, 1.82) is 0 Å². The van der Waals surface area contributed by atoms with Crippen LogP contribution in [0.5, 0.6) is 0 Å². The van der Waals surface area contributed by atoms with Crippen molar-refractivity contribution in [3.63, 3.8) is 0 Å². The van der Waals surface area contributed by atoms with E-state index in [9.17, 15) is 21.6 Å². The van der Waals surface area contributed by atoms with Crippen LogP contribution in [-0.2, 0) is 20.7 Å². The number of unbranched alkanes of at least 4 members (excludes halogenated alkanes) is 6. The second kappa shape index (κ2) is 10.8. The summed E-state index contributed by atoms with van der Waals surface area (Å²) in [7, 11) is -4.14. The molecule has 3 nitrogen and oxygen atoms in total. The number of hydrogen-bond acceptors (Lipinski definition) is 3. The van der Waals surface area contributed by atoms with E-state index in [1.807, 2.05) is 0 Å². The number of benzene rings is 1. The van der Waals surface area contributed by atoms with Crippen molar-refractivity contribution >= 4 is 10.1 Å². The summed E-state index contributed by atoms with van der Waals surface area (Å²) >= 11 is 0. The molecule has 0 N–H and O–H groups in total. The van der Waals surface area contributed by atoms with Crippen molar-refractivity contribution < 1.29 is 25.8 Å². The van der Waals surface area contributed by atoms with E-state index in [1.54, 1.807) is 12.1 Å². The number of aryl methyl sites for hydroxylation is 1. The molecule has 1 rings (SSSR count). The molecule has 0 radical (unpaired) electrons. The Bertz CT molecular complexity index is 581. The van der Waals surface area contributed by atoms with Crippen molar-refractivity contribution in [2.75, 3.05) is 6.61 Å². The molecule has 0 bridgehead atoms. The molecule has 7 heteroatoms. The molecular weight excluding hydrogens is 353 g/mol. The Kier molecular flexibility index (Phi) is 9.50. The summed E-state index contributed by atoms with van der Waals surface area (Å²) in [6, 6.07) is 6.16. The summed E-state index contributed by atoms with van der Waals surface area (Å²) in [5.41, 5.74) is 1.02. The Morgan fingerprint density at radius 3 is 2.04 bits per heavy atom. The van der Waals surface area contributed by atoms with Gasteiger partial charge in [0.1, 0.15) is 0 Å². The molecular formula is C18H27F3O3S. The highest BCUT2D eigenvalue weighted by atomic mass is 32.2. The second-order valence-electron chi connectivity index (χ2n) is 6.16. The Morgan fingerprint density at radius 1 is 0.920 bits per heavy atom. The van der Waals surface area contributed by atoms with E-state index >= 15 is 0 Å². The first-order valence-corrected chi connectivity index (χ1v) is 10.2. The molecule has 0 aromatic heterocycles. The maximum atomic E-state index is 12.0. The lowest BCUT2D eigenvalue weighted by Gasteiger charge is -2.08. The molecule has 0 spiro atoms. The highest BCUT2D eigenvalue weighted by Gasteiger charge is 2.28. The van der Waals surface area contributed by atoms with E-state index < -0.39 is 29.3 Å². The molecule has 0 amide bonds. The van der Waals surface area contributed by atoms with Gasteiger partial charge in [-0.25, -0.2) is 0 Å². The zero-order valence-electron chi connectivity index (χ0n) is 14.6. The van der Waals surface area contributed by atoms with Crippen LogP contribution in [0.4, 0.5) is 13.2 Å². The molecule has 0 heterocycles. The lowest BCUT2D eigenvalue weighted by Crippen LogP contribution is -2.15. The summed E-state index contributed by atoms with van der Waals surface area (Å²) in [6.45, 7) is 1.29. The van der Waals surface area contributed by atoms with Crippen LogP contribution >= 0.6 is 0 Å². The molecule has 0 aliphatic rings. The molecule has 0 atom stereocenters. The third-order valence-corrected chi connectivity index (χ3v) is 5.23. The second-order valence-corrected chi connectivity index (χ2v) is 7.77.